The molecule has 10 aromatic carbocycles. The minimum atomic E-state index is 0.602. The van der Waals surface area contributed by atoms with Crippen LogP contribution in [0.15, 0.2) is 205 Å². The number of nitriles is 1. The van der Waals surface area contributed by atoms with Gasteiger partial charge in [-0.05, 0) is 162 Å². The molecule has 0 aliphatic heterocycles. The fourth-order valence-corrected chi connectivity index (χ4v) is 8.16. The molecule has 0 amide bonds. The van der Waals surface area contributed by atoms with Crippen LogP contribution in [0.5, 0.6) is 0 Å². The zero-order valence-electron chi connectivity index (χ0n) is 31.3. The number of hydrogen-bond donors (Lipinski definition) is 0. The van der Waals surface area contributed by atoms with Crippen molar-refractivity contribution in [1.82, 2.24) is 4.98 Å². The monoisotopic (exact) mass is 739 g/mol. The van der Waals surface area contributed by atoms with Crippen molar-refractivity contribution in [1.29, 1.82) is 5.26 Å². The third-order valence-electron chi connectivity index (χ3n) is 11.2. The van der Waals surface area contributed by atoms with Gasteiger partial charge in [0.15, 0.2) is 5.58 Å². The van der Waals surface area contributed by atoms with E-state index in [1.54, 1.807) is 0 Å². The molecule has 1 heterocycles. The van der Waals surface area contributed by atoms with E-state index in [-0.39, 0.29) is 0 Å². The van der Waals surface area contributed by atoms with Gasteiger partial charge in [-0.1, -0.05) is 103 Å². The van der Waals surface area contributed by atoms with Gasteiger partial charge in [0.25, 0.3) is 0 Å². The predicted octanol–water partition coefficient (Wildman–Crippen LogP) is 14.8. The van der Waals surface area contributed by atoms with Crippen molar-refractivity contribution in [3.8, 4) is 39.8 Å². The van der Waals surface area contributed by atoms with E-state index in [0.29, 0.717) is 11.5 Å². The van der Waals surface area contributed by atoms with Crippen LogP contribution < -0.4 is 4.90 Å². The Kier molecular flexibility index (Phi) is 7.84. The molecule has 0 aliphatic rings. The van der Waals surface area contributed by atoms with Gasteiger partial charge >= 0.3 is 0 Å². The summed E-state index contributed by atoms with van der Waals surface area (Å²) in [5, 5.41) is 18.8. The Hall–Kier alpha value is -8.00. The van der Waals surface area contributed by atoms with E-state index in [4.69, 9.17) is 9.40 Å². The van der Waals surface area contributed by atoms with Crippen molar-refractivity contribution < 1.29 is 4.42 Å². The Morgan fingerprint density at radius 1 is 0.379 bits per heavy atom. The van der Waals surface area contributed by atoms with E-state index in [0.717, 1.165) is 71.8 Å². The van der Waals surface area contributed by atoms with Crippen LogP contribution in [0.1, 0.15) is 5.56 Å². The Labute approximate surface area is 335 Å². The number of hydrogen-bond acceptors (Lipinski definition) is 4. The summed E-state index contributed by atoms with van der Waals surface area (Å²) in [6.07, 6.45) is 0. The smallest absolute Gasteiger partial charge is 0.227 e. The lowest BCUT2D eigenvalue weighted by Crippen LogP contribution is -2.10. The first kappa shape index (κ1) is 33.3. The molecule has 11 rings (SSSR count). The van der Waals surface area contributed by atoms with Crippen molar-refractivity contribution in [3.05, 3.63) is 206 Å². The van der Waals surface area contributed by atoms with E-state index in [2.05, 4.69) is 169 Å². The van der Waals surface area contributed by atoms with Crippen molar-refractivity contribution in [3.63, 3.8) is 0 Å². The highest BCUT2D eigenvalue weighted by Crippen LogP contribution is 2.40. The van der Waals surface area contributed by atoms with Crippen LogP contribution in [0, 0.1) is 11.3 Å². The lowest BCUT2D eigenvalue weighted by molar-refractivity contribution is 0.620. The summed E-state index contributed by atoms with van der Waals surface area (Å²) in [4.78, 5) is 7.06. The molecule has 11 aromatic rings. The molecule has 0 bridgehead atoms. The van der Waals surface area contributed by atoms with Gasteiger partial charge in [0.1, 0.15) is 5.52 Å². The van der Waals surface area contributed by atoms with Crippen LogP contribution >= 0.6 is 0 Å². The number of aromatic nitrogens is 1. The first-order valence-corrected chi connectivity index (χ1v) is 19.4. The number of anilines is 3. The van der Waals surface area contributed by atoms with Crippen LogP contribution in [0.3, 0.4) is 0 Å². The molecule has 0 unspecified atom stereocenters. The lowest BCUT2D eigenvalue weighted by atomic mass is 9.97. The SMILES string of the molecule is N#Cc1ccc2ccc(-c3ccc4cc(N(c5ccc(-c6nc7ccccc7o6)cc5)c5ccc6cc(-c7ccc8ccccc8c7)ccc6c5)ccc4c3)cc2c1. The maximum Gasteiger partial charge on any atom is 0.227 e. The second-order valence-electron chi connectivity index (χ2n) is 14.8. The quantitative estimate of drug-likeness (QED) is 0.170. The zero-order valence-corrected chi connectivity index (χ0v) is 31.3. The van der Waals surface area contributed by atoms with Gasteiger partial charge in [-0.2, -0.15) is 5.26 Å². The van der Waals surface area contributed by atoms with E-state index in [1.807, 2.05) is 42.5 Å². The van der Waals surface area contributed by atoms with Crippen molar-refractivity contribution >= 4 is 71.3 Å². The van der Waals surface area contributed by atoms with Crippen LogP contribution in [-0.2, 0) is 0 Å². The largest absolute Gasteiger partial charge is 0.436 e. The number of oxazole rings is 1. The van der Waals surface area contributed by atoms with Crippen molar-refractivity contribution in [2.45, 2.75) is 0 Å². The normalized spacial score (nSPS) is 11.4. The molecule has 0 saturated carbocycles. The van der Waals surface area contributed by atoms with E-state index >= 15 is 0 Å². The molecule has 270 valence electrons. The minimum Gasteiger partial charge on any atom is -0.436 e. The first-order valence-electron chi connectivity index (χ1n) is 19.4. The maximum absolute atomic E-state index is 9.46. The molecule has 4 nitrogen and oxygen atoms in total. The van der Waals surface area contributed by atoms with Gasteiger partial charge in [-0.15, -0.1) is 0 Å². The molecule has 0 atom stereocenters. The van der Waals surface area contributed by atoms with Crippen molar-refractivity contribution in [2.75, 3.05) is 4.90 Å². The fourth-order valence-electron chi connectivity index (χ4n) is 8.16. The van der Waals surface area contributed by atoms with Gasteiger partial charge in [0.05, 0.1) is 11.6 Å². The average Bonchev–Trinajstić information content (AvgIpc) is 3.73. The number of rotatable bonds is 6. The highest BCUT2D eigenvalue weighted by Gasteiger charge is 2.16. The molecular weight excluding hydrogens is 707 g/mol. The van der Waals surface area contributed by atoms with Crippen molar-refractivity contribution in [2.24, 2.45) is 0 Å². The van der Waals surface area contributed by atoms with Gasteiger partial charge in [-0.25, -0.2) is 4.98 Å². The summed E-state index contributed by atoms with van der Waals surface area (Å²) < 4.78 is 6.12. The van der Waals surface area contributed by atoms with Crippen LogP contribution in [0.2, 0.25) is 0 Å². The summed E-state index contributed by atoms with van der Waals surface area (Å²) in [5.41, 5.74) is 11.0. The highest BCUT2D eigenvalue weighted by atomic mass is 16.3. The standard InChI is InChI=1S/C54H33N3O/c55-34-35-9-10-37-12-14-43(31-48(37)27-35)42-16-18-47-33-51(26-22-45(47)30-42)57(49-23-19-38(20-24-49)54-56-52-7-3-4-8-53(52)58-54)50-25-21-44-29-41(15-17-46(44)32-50)40-13-11-36-5-1-2-6-39(36)28-40/h1-33H. The predicted molar refractivity (Wildman–Crippen MR) is 240 cm³/mol. The Morgan fingerprint density at radius 3 is 1.45 bits per heavy atom. The summed E-state index contributed by atoms with van der Waals surface area (Å²) in [6, 6.07) is 72.8. The Morgan fingerprint density at radius 2 is 0.828 bits per heavy atom. The molecule has 0 aliphatic carbocycles. The zero-order chi connectivity index (χ0) is 38.6. The maximum atomic E-state index is 9.46. The van der Waals surface area contributed by atoms with Crippen LogP contribution in [-0.4, -0.2) is 4.98 Å². The van der Waals surface area contributed by atoms with E-state index in [9.17, 15) is 5.26 Å². The molecule has 58 heavy (non-hydrogen) atoms. The minimum absolute atomic E-state index is 0.602. The average molecular weight is 740 g/mol. The summed E-state index contributed by atoms with van der Waals surface area (Å²) in [5.74, 6) is 0.602. The van der Waals surface area contributed by atoms with Crippen LogP contribution in [0.25, 0.3) is 87.9 Å². The summed E-state index contributed by atoms with van der Waals surface area (Å²) in [7, 11) is 0. The number of nitrogens with zero attached hydrogens (tertiary/aromatic N) is 3. The third-order valence-corrected chi connectivity index (χ3v) is 11.2. The molecule has 0 saturated heterocycles. The van der Waals surface area contributed by atoms with E-state index < -0.39 is 0 Å². The molecule has 0 radical (unpaired) electrons. The second kappa shape index (κ2) is 13.6. The summed E-state index contributed by atoms with van der Waals surface area (Å²) in [6.45, 7) is 0. The van der Waals surface area contributed by atoms with Gasteiger partial charge in [-0.3, -0.25) is 0 Å². The number of benzene rings is 10. The van der Waals surface area contributed by atoms with Gasteiger partial charge < -0.3 is 9.32 Å². The third kappa shape index (κ3) is 5.99. The van der Waals surface area contributed by atoms with Crippen LogP contribution in [0.4, 0.5) is 17.1 Å². The van der Waals surface area contributed by atoms with E-state index in [1.165, 1.54) is 27.3 Å². The molecule has 4 heteroatoms. The molecule has 0 spiro atoms. The van der Waals surface area contributed by atoms with Gasteiger partial charge in [0.2, 0.25) is 5.89 Å². The molecule has 1 aromatic heterocycles. The fraction of sp³-hybridized carbons (Fsp3) is 0. The number of fused-ring (bicyclic) bond motifs is 5. The topological polar surface area (TPSA) is 53.1 Å². The van der Waals surface area contributed by atoms with Gasteiger partial charge in [0, 0.05) is 22.6 Å². The lowest BCUT2D eigenvalue weighted by Gasteiger charge is -2.26. The Bertz CT molecular complexity index is 3390. The molecule has 0 N–H and O–H groups in total. The summed E-state index contributed by atoms with van der Waals surface area (Å²) >= 11 is 0. The highest BCUT2D eigenvalue weighted by molar-refractivity contribution is 5.97. The molecule has 0 fully saturated rings. The Balaban J connectivity index is 0.983. The number of para-hydroxylation sites is 2. The molecular formula is C54H33N3O. The second-order valence-corrected chi connectivity index (χ2v) is 14.8. The first-order chi connectivity index (χ1) is 28.6.